The molecule has 11 heteroatoms. The van der Waals surface area contributed by atoms with Crippen LogP contribution in [0.25, 0.3) is 0 Å². The molecule has 32 heavy (non-hydrogen) atoms. The van der Waals surface area contributed by atoms with E-state index in [-0.39, 0.29) is 48.7 Å². The average Bonchev–Trinajstić information content (AvgIpc) is 3.21. The number of furan rings is 1. The van der Waals surface area contributed by atoms with Gasteiger partial charge in [-0.25, -0.2) is 4.99 Å². The maximum Gasteiger partial charge on any atom is 0.422 e. The minimum Gasteiger partial charge on any atom is -0.484 e. The third kappa shape index (κ3) is 10.2. The number of aryl methyl sites for hydroxylation is 1. The smallest absolute Gasteiger partial charge is 0.422 e. The molecule has 0 spiro atoms. The summed E-state index contributed by atoms with van der Waals surface area (Å²) in [5.74, 6) is 1.12. The molecule has 2 N–H and O–H groups in total. The zero-order valence-corrected chi connectivity index (χ0v) is 20.5. The first-order valence-electron chi connectivity index (χ1n) is 9.68. The summed E-state index contributed by atoms with van der Waals surface area (Å²) in [5.41, 5.74) is 1.28. The fraction of sp³-hybridized carbons (Fsp3) is 0.429. The Morgan fingerprint density at radius 1 is 1.22 bits per heavy atom. The maximum absolute atomic E-state index is 12.6. The molecular formula is C21H28F3IN4O3. The zero-order valence-electron chi connectivity index (χ0n) is 18.2. The summed E-state index contributed by atoms with van der Waals surface area (Å²) in [6, 6.07) is 8.63. The number of carbonyl (C=O) groups is 1. The van der Waals surface area contributed by atoms with Crippen LogP contribution in [0, 0.1) is 6.92 Å². The van der Waals surface area contributed by atoms with Crippen LogP contribution in [0.4, 0.5) is 13.2 Å². The van der Waals surface area contributed by atoms with Crippen molar-refractivity contribution in [2.45, 2.75) is 26.1 Å². The number of hydrogen-bond acceptors (Lipinski definition) is 4. The lowest BCUT2D eigenvalue weighted by Crippen LogP contribution is -2.43. The van der Waals surface area contributed by atoms with Crippen LogP contribution in [0.2, 0.25) is 0 Å². The molecule has 7 nitrogen and oxygen atoms in total. The number of alkyl halides is 3. The van der Waals surface area contributed by atoms with Gasteiger partial charge in [0.15, 0.2) is 12.6 Å². The molecule has 0 saturated carbocycles. The molecule has 0 radical (unpaired) electrons. The quantitative estimate of drug-likeness (QED) is 0.275. The lowest BCUT2D eigenvalue weighted by atomic mass is 10.1. The number of ether oxygens (including phenoxy) is 1. The van der Waals surface area contributed by atoms with E-state index in [0.29, 0.717) is 24.5 Å². The molecule has 0 aliphatic rings. The summed E-state index contributed by atoms with van der Waals surface area (Å²) in [5, 5.41) is 6.03. The number of nitrogens with one attached hydrogen (secondary N) is 2. The van der Waals surface area contributed by atoms with Crippen molar-refractivity contribution in [1.29, 1.82) is 0 Å². The van der Waals surface area contributed by atoms with E-state index < -0.39 is 12.8 Å². The van der Waals surface area contributed by atoms with Gasteiger partial charge in [-0.3, -0.25) is 4.79 Å². The van der Waals surface area contributed by atoms with Crippen LogP contribution >= 0.6 is 24.0 Å². The molecule has 0 bridgehead atoms. The molecule has 2 rings (SSSR count). The predicted octanol–water partition coefficient (Wildman–Crippen LogP) is 3.51. The summed E-state index contributed by atoms with van der Waals surface area (Å²) in [7, 11) is 3.28. The summed E-state index contributed by atoms with van der Waals surface area (Å²) in [6.07, 6.45) is -2.26. The van der Waals surface area contributed by atoms with Gasteiger partial charge in [-0.15, -0.1) is 24.0 Å². The van der Waals surface area contributed by atoms with Crippen molar-refractivity contribution in [3.05, 3.63) is 53.5 Å². The molecule has 1 amide bonds. The van der Waals surface area contributed by atoms with Gasteiger partial charge in [0.25, 0.3) is 0 Å². The van der Waals surface area contributed by atoms with Gasteiger partial charge in [0.05, 0.1) is 19.4 Å². The number of amides is 1. The van der Waals surface area contributed by atoms with Gasteiger partial charge >= 0.3 is 6.18 Å². The second-order valence-corrected chi connectivity index (χ2v) is 7.08. The Labute approximate surface area is 202 Å². The van der Waals surface area contributed by atoms with E-state index in [9.17, 15) is 18.0 Å². The van der Waals surface area contributed by atoms with Crippen LogP contribution in [0.15, 0.2) is 46.0 Å². The number of likely N-dealkylation sites (N-methyl/N-ethyl adjacent to an activating group) is 1. The van der Waals surface area contributed by atoms with Gasteiger partial charge in [0.2, 0.25) is 5.91 Å². The van der Waals surface area contributed by atoms with Gasteiger partial charge in [-0.1, -0.05) is 12.1 Å². The second-order valence-electron chi connectivity index (χ2n) is 7.08. The second kappa shape index (κ2) is 13.2. The number of guanidine groups is 1. The molecule has 1 aromatic heterocycles. The van der Waals surface area contributed by atoms with Crippen LogP contribution in [-0.2, 0) is 17.8 Å². The fourth-order valence-electron chi connectivity index (χ4n) is 2.50. The predicted molar refractivity (Wildman–Crippen MR) is 126 cm³/mol. The van der Waals surface area contributed by atoms with Gasteiger partial charge in [0.1, 0.15) is 11.5 Å². The minimum absolute atomic E-state index is 0. The highest BCUT2D eigenvalue weighted by atomic mass is 127. The fourth-order valence-corrected chi connectivity index (χ4v) is 2.50. The Kier molecular flexibility index (Phi) is 11.4. The van der Waals surface area contributed by atoms with E-state index in [1.807, 2.05) is 6.07 Å². The van der Waals surface area contributed by atoms with Crippen molar-refractivity contribution < 1.29 is 27.1 Å². The Balaban J connectivity index is 0.00000512. The number of hydrogen-bond donors (Lipinski definition) is 2. The lowest BCUT2D eigenvalue weighted by molar-refractivity contribution is -0.153. The van der Waals surface area contributed by atoms with Gasteiger partial charge in [-0.05, 0) is 30.7 Å². The molecule has 0 aliphatic heterocycles. The Morgan fingerprint density at radius 2 is 1.97 bits per heavy atom. The first-order valence-corrected chi connectivity index (χ1v) is 9.68. The van der Waals surface area contributed by atoms with Crippen molar-refractivity contribution in [2.75, 3.05) is 33.8 Å². The van der Waals surface area contributed by atoms with Gasteiger partial charge in [-0.2, -0.15) is 13.2 Å². The molecule has 1 aromatic carbocycles. The normalized spacial score (nSPS) is 11.5. The molecule has 0 aliphatic carbocycles. The van der Waals surface area contributed by atoms with Gasteiger partial charge < -0.3 is 24.7 Å². The third-order valence-electron chi connectivity index (χ3n) is 4.17. The summed E-state index contributed by atoms with van der Waals surface area (Å²) in [6.45, 7) is 0.964. The zero-order chi connectivity index (χ0) is 22.9. The van der Waals surface area contributed by atoms with Crippen molar-refractivity contribution in [3.8, 4) is 5.75 Å². The first kappa shape index (κ1) is 27.6. The molecule has 1 heterocycles. The standard InChI is InChI=1S/C21H27F3N4O3.HI/c1-15-6-7-16(18(11-15)31-14-21(22,23)24)12-26-20(27-13-19(29)28(2)3)25-9-8-17-5-4-10-30-17;/h4-7,10-11H,8-9,12-14H2,1-3H3,(H2,25,26,27);1H. The lowest BCUT2D eigenvalue weighted by Gasteiger charge is -2.16. The van der Waals surface area contributed by atoms with Crippen LogP contribution in [0.1, 0.15) is 16.9 Å². The van der Waals surface area contributed by atoms with Crippen molar-refractivity contribution in [3.63, 3.8) is 0 Å². The number of carbonyl (C=O) groups excluding carboxylic acids is 1. The monoisotopic (exact) mass is 568 g/mol. The van der Waals surface area contributed by atoms with Crippen LogP contribution in [0.5, 0.6) is 5.75 Å². The van der Waals surface area contributed by atoms with E-state index in [0.717, 1.165) is 11.3 Å². The van der Waals surface area contributed by atoms with E-state index >= 15 is 0 Å². The Hall–Kier alpha value is -2.44. The molecule has 0 unspecified atom stereocenters. The molecule has 0 fully saturated rings. The van der Waals surface area contributed by atoms with E-state index in [4.69, 9.17) is 9.15 Å². The largest absolute Gasteiger partial charge is 0.484 e. The summed E-state index contributed by atoms with van der Waals surface area (Å²) >= 11 is 0. The number of rotatable bonds is 9. The maximum atomic E-state index is 12.6. The molecule has 178 valence electrons. The van der Waals surface area contributed by atoms with Crippen molar-refractivity contribution in [1.82, 2.24) is 15.5 Å². The van der Waals surface area contributed by atoms with Crippen LogP contribution in [0.3, 0.4) is 0 Å². The molecule has 0 atom stereocenters. The summed E-state index contributed by atoms with van der Waals surface area (Å²) in [4.78, 5) is 17.7. The highest BCUT2D eigenvalue weighted by Gasteiger charge is 2.28. The molecular weight excluding hydrogens is 540 g/mol. The third-order valence-corrected chi connectivity index (χ3v) is 4.17. The van der Waals surface area contributed by atoms with Crippen LogP contribution < -0.4 is 15.4 Å². The average molecular weight is 568 g/mol. The van der Waals surface area contributed by atoms with Crippen LogP contribution in [-0.4, -0.2) is 56.7 Å². The van der Waals surface area contributed by atoms with E-state index in [1.54, 1.807) is 51.5 Å². The highest BCUT2D eigenvalue weighted by Crippen LogP contribution is 2.24. The first-order chi connectivity index (χ1) is 14.6. The SMILES string of the molecule is Cc1ccc(CN=C(NCCc2ccco2)NCC(=O)N(C)C)c(OCC(F)(F)F)c1.I. The molecule has 0 saturated heterocycles. The van der Waals surface area contributed by atoms with E-state index in [1.165, 1.54) is 4.90 Å². The number of halogens is 4. The topological polar surface area (TPSA) is 79.1 Å². The molecule has 2 aromatic rings. The summed E-state index contributed by atoms with van der Waals surface area (Å²) < 4.78 is 48.0. The number of benzene rings is 1. The van der Waals surface area contributed by atoms with Gasteiger partial charge in [0, 0.05) is 32.6 Å². The number of nitrogens with zero attached hydrogens (tertiary/aromatic N) is 2. The van der Waals surface area contributed by atoms with Crippen molar-refractivity contribution in [2.24, 2.45) is 4.99 Å². The van der Waals surface area contributed by atoms with E-state index in [2.05, 4.69) is 15.6 Å². The van der Waals surface area contributed by atoms with Crippen molar-refractivity contribution >= 4 is 35.8 Å². The Morgan fingerprint density at radius 3 is 2.59 bits per heavy atom. The minimum atomic E-state index is -4.43. The highest BCUT2D eigenvalue weighted by molar-refractivity contribution is 14.0. The number of aliphatic imine (C=N–C) groups is 1. The Bertz CT molecular complexity index is 872.